The molecular formula is C15H24N2O2S. The van der Waals surface area contributed by atoms with Crippen LogP contribution in [0.5, 0.6) is 0 Å². The van der Waals surface area contributed by atoms with Gasteiger partial charge in [0.15, 0.2) is 0 Å². The van der Waals surface area contributed by atoms with Crippen LogP contribution >= 0.6 is 0 Å². The lowest BCUT2D eigenvalue weighted by molar-refractivity contribution is 0.335. The van der Waals surface area contributed by atoms with E-state index in [2.05, 4.69) is 0 Å². The molecule has 1 aromatic carbocycles. The highest BCUT2D eigenvalue weighted by Gasteiger charge is 2.29. The van der Waals surface area contributed by atoms with Crippen LogP contribution < -0.4 is 5.73 Å². The average Bonchev–Trinajstić information content (AvgIpc) is 2.75. The summed E-state index contributed by atoms with van der Waals surface area (Å²) in [5, 5.41) is 0. The average molecular weight is 296 g/mol. The molecule has 112 valence electrons. The van der Waals surface area contributed by atoms with E-state index in [1.807, 2.05) is 6.07 Å². The Balaban J connectivity index is 2.28. The zero-order valence-electron chi connectivity index (χ0n) is 12.1. The molecule has 2 N–H and O–H groups in total. The standard InChI is InChI=1S/C15H24N2O2S/c1-17(14-9-4-2-3-5-10-14)20(18,19)15-11-7-6-8-13(15)12-16/h6-8,11,14H,2-5,9-10,12,16H2,1H3. The van der Waals surface area contributed by atoms with Crippen LogP contribution in [0.2, 0.25) is 0 Å². The fraction of sp³-hybridized carbons (Fsp3) is 0.600. The maximum Gasteiger partial charge on any atom is 0.243 e. The van der Waals surface area contributed by atoms with E-state index in [0.717, 1.165) is 25.7 Å². The Kier molecular flexibility index (Phi) is 5.18. The monoisotopic (exact) mass is 296 g/mol. The van der Waals surface area contributed by atoms with Gasteiger partial charge in [0, 0.05) is 19.6 Å². The summed E-state index contributed by atoms with van der Waals surface area (Å²) < 4.78 is 27.1. The van der Waals surface area contributed by atoms with Gasteiger partial charge in [0.25, 0.3) is 0 Å². The molecule has 0 bridgehead atoms. The van der Waals surface area contributed by atoms with Crippen LogP contribution in [0.1, 0.15) is 44.1 Å². The molecule has 0 heterocycles. The first-order valence-corrected chi connectivity index (χ1v) is 8.77. The number of benzene rings is 1. The van der Waals surface area contributed by atoms with Crippen molar-refractivity contribution in [3.8, 4) is 0 Å². The van der Waals surface area contributed by atoms with E-state index in [0.29, 0.717) is 10.5 Å². The normalized spacial score (nSPS) is 18.1. The first-order chi connectivity index (χ1) is 9.57. The molecule has 1 aliphatic carbocycles. The minimum Gasteiger partial charge on any atom is -0.326 e. The zero-order chi connectivity index (χ0) is 14.6. The van der Waals surface area contributed by atoms with Gasteiger partial charge in [-0.15, -0.1) is 0 Å². The van der Waals surface area contributed by atoms with Crippen molar-refractivity contribution in [1.29, 1.82) is 0 Å². The molecule has 0 saturated heterocycles. The highest BCUT2D eigenvalue weighted by Crippen LogP contribution is 2.27. The maximum absolute atomic E-state index is 12.8. The van der Waals surface area contributed by atoms with Crippen molar-refractivity contribution in [3.05, 3.63) is 29.8 Å². The molecule has 0 aliphatic heterocycles. The molecule has 1 saturated carbocycles. The summed E-state index contributed by atoms with van der Waals surface area (Å²) in [4.78, 5) is 0.356. The van der Waals surface area contributed by atoms with Gasteiger partial charge in [0.2, 0.25) is 10.0 Å². The summed E-state index contributed by atoms with van der Waals surface area (Å²) in [6.07, 6.45) is 6.57. The maximum atomic E-state index is 12.8. The second-order valence-electron chi connectivity index (χ2n) is 5.48. The Morgan fingerprint density at radius 2 is 1.75 bits per heavy atom. The van der Waals surface area contributed by atoms with Crippen molar-refractivity contribution in [2.45, 2.75) is 56.0 Å². The van der Waals surface area contributed by atoms with E-state index in [9.17, 15) is 8.42 Å². The van der Waals surface area contributed by atoms with Gasteiger partial charge in [-0.3, -0.25) is 0 Å². The van der Waals surface area contributed by atoms with Crippen molar-refractivity contribution in [2.24, 2.45) is 5.73 Å². The third kappa shape index (κ3) is 3.22. The van der Waals surface area contributed by atoms with Gasteiger partial charge in [-0.2, -0.15) is 4.31 Å². The molecule has 0 radical (unpaired) electrons. The third-order valence-corrected chi connectivity index (χ3v) is 6.20. The van der Waals surface area contributed by atoms with E-state index < -0.39 is 10.0 Å². The van der Waals surface area contributed by atoms with Crippen LogP contribution in [-0.4, -0.2) is 25.8 Å². The van der Waals surface area contributed by atoms with Crippen LogP contribution in [0, 0.1) is 0 Å². The van der Waals surface area contributed by atoms with Crippen molar-refractivity contribution in [3.63, 3.8) is 0 Å². The molecule has 1 aromatic rings. The largest absolute Gasteiger partial charge is 0.326 e. The van der Waals surface area contributed by atoms with Gasteiger partial charge < -0.3 is 5.73 Å². The van der Waals surface area contributed by atoms with Crippen LogP contribution in [0.4, 0.5) is 0 Å². The quantitative estimate of drug-likeness (QED) is 0.868. The number of rotatable bonds is 4. The van der Waals surface area contributed by atoms with Gasteiger partial charge in [0.05, 0.1) is 4.90 Å². The molecule has 0 spiro atoms. The summed E-state index contributed by atoms with van der Waals surface area (Å²) >= 11 is 0. The number of nitrogens with two attached hydrogens (primary N) is 1. The van der Waals surface area contributed by atoms with E-state index in [1.165, 1.54) is 12.8 Å². The lowest BCUT2D eigenvalue weighted by Gasteiger charge is -2.27. The second kappa shape index (κ2) is 6.70. The first kappa shape index (κ1) is 15.5. The Labute approximate surface area is 122 Å². The van der Waals surface area contributed by atoms with E-state index in [4.69, 9.17) is 5.73 Å². The highest BCUT2D eigenvalue weighted by atomic mass is 32.2. The van der Waals surface area contributed by atoms with Crippen LogP contribution in [0.3, 0.4) is 0 Å². The fourth-order valence-corrected chi connectivity index (χ4v) is 4.54. The van der Waals surface area contributed by atoms with E-state index in [1.54, 1.807) is 29.6 Å². The molecule has 1 fully saturated rings. The molecule has 20 heavy (non-hydrogen) atoms. The van der Waals surface area contributed by atoms with Gasteiger partial charge in [0.1, 0.15) is 0 Å². The summed E-state index contributed by atoms with van der Waals surface area (Å²) in [6.45, 7) is 0.244. The smallest absolute Gasteiger partial charge is 0.243 e. The molecule has 5 heteroatoms. The summed E-state index contributed by atoms with van der Waals surface area (Å²) in [7, 11) is -1.74. The highest BCUT2D eigenvalue weighted by molar-refractivity contribution is 7.89. The van der Waals surface area contributed by atoms with Gasteiger partial charge in [-0.25, -0.2) is 8.42 Å². The van der Waals surface area contributed by atoms with Crippen molar-refractivity contribution in [1.82, 2.24) is 4.31 Å². The van der Waals surface area contributed by atoms with Crippen LogP contribution in [-0.2, 0) is 16.6 Å². The molecule has 0 aromatic heterocycles. The van der Waals surface area contributed by atoms with Gasteiger partial charge >= 0.3 is 0 Å². The Hall–Kier alpha value is -0.910. The predicted molar refractivity (Wildman–Crippen MR) is 80.8 cm³/mol. The number of hydrogen-bond donors (Lipinski definition) is 1. The Morgan fingerprint density at radius 1 is 1.15 bits per heavy atom. The number of sulfonamides is 1. The lowest BCUT2D eigenvalue weighted by atomic mass is 10.1. The van der Waals surface area contributed by atoms with E-state index in [-0.39, 0.29) is 12.6 Å². The minimum atomic E-state index is -3.44. The van der Waals surface area contributed by atoms with Gasteiger partial charge in [-0.1, -0.05) is 43.9 Å². The Bertz CT molecular complexity index is 535. The van der Waals surface area contributed by atoms with Gasteiger partial charge in [-0.05, 0) is 24.5 Å². The minimum absolute atomic E-state index is 0.119. The second-order valence-corrected chi connectivity index (χ2v) is 7.44. The SMILES string of the molecule is CN(C1CCCCCC1)S(=O)(=O)c1ccccc1CN. The van der Waals surface area contributed by atoms with Crippen LogP contribution in [0.15, 0.2) is 29.2 Å². The predicted octanol–water partition coefficient (Wildman–Crippen LogP) is 2.49. The van der Waals surface area contributed by atoms with Crippen molar-refractivity contribution in [2.75, 3.05) is 7.05 Å². The molecule has 2 rings (SSSR count). The lowest BCUT2D eigenvalue weighted by Crippen LogP contribution is -2.37. The summed E-state index contributed by atoms with van der Waals surface area (Å²) in [6, 6.07) is 7.14. The molecule has 4 nitrogen and oxygen atoms in total. The molecule has 0 amide bonds. The molecule has 0 atom stereocenters. The summed E-state index contributed by atoms with van der Waals surface area (Å²) in [5.41, 5.74) is 6.36. The summed E-state index contributed by atoms with van der Waals surface area (Å²) in [5.74, 6) is 0. The first-order valence-electron chi connectivity index (χ1n) is 7.33. The molecule has 0 unspecified atom stereocenters. The topological polar surface area (TPSA) is 63.4 Å². The van der Waals surface area contributed by atoms with Crippen LogP contribution in [0.25, 0.3) is 0 Å². The zero-order valence-corrected chi connectivity index (χ0v) is 12.9. The molecular weight excluding hydrogens is 272 g/mol. The van der Waals surface area contributed by atoms with Crippen molar-refractivity contribution >= 4 is 10.0 Å². The van der Waals surface area contributed by atoms with E-state index >= 15 is 0 Å². The number of hydrogen-bond acceptors (Lipinski definition) is 3. The van der Waals surface area contributed by atoms with Crippen molar-refractivity contribution < 1.29 is 8.42 Å². The third-order valence-electron chi connectivity index (χ3n) is 4.19. The molecule has 1 aliphatic rings. The number of nitrogens with zero attached hydrogens (tertiary/aromatic N) is 1. The fourth-order valence-electron chi connectivity index (χ4n) is 2.90. The Morgan fingerprint density at radius 3 is 2.35 bits per heavy atom.